The second-order valence-corrected chi connectivity index (χ2v) is 3.12. The second kappa shape index (κ2) is 6.62. The van der Waals surface area contributed by atoms with Crippen LogP contribution in [0.5, 0.6) is 0 Å². The standard InChI is InChI=1S/C8H18N2.CH4/c9-5-1-2-8-3-6-10-7-4-8;/h8,10H,1-7,9H2;1H4. The zero-order chi connectivity index (χ0) is 7.23. The van der Waals surface area contributed by atoms with Crippen LogP contribution in [0.3, 0.4) is 0 Å². The maximum atomic E-state index is 5.43. The molecule has 68 valence electrons. The SMILES string of the molecule is C.NCCCC1CCNCC1. The van der Waals surface area contributed by atoms with Crippen molar-refractivity contribution in [3.63, 3.8) is 0 Å². The van der Waals surface area contributed by atoms with Gasteiger partial charge in [0.25, 0.3) is 0 Å². The molecule has 1 heterocycles. The fraction of sp³-hybridized carbons (Fsp3) is 1.00. The lowest BCUT2D eigenvalue weighted by molar-refractivity contribution is 0.349. The van der Waals surface area contributed by atoms with Crippen molar-refractivity contribution in [2.75, 3.05) is 19.6 Å². The number of nitrogens with two attached hydrogens (primary N) is 1. The maximum absolute atomic E-state index is 5.43. The van der Waals surface area contributed by atoms with E-state index in [4.69, 9.17) is 5.73 Å². The molecule has 3 N–H and O–H groups in total. The Kier molecular flexibility index (Phi) is 6.57. The van der Waals surface area contributed by atoms with Crippen molar-refractivity contribution >= 4 is 0 Å². The van der Waals surface area contributed by atoms with Crippen LogP contribution in [0, 0.1) is 5.92 Å². The van der Waals surface area contributed by atoms with Crippen LogP contribution in [0.1, 0.15) is 33.1 Å². The molecule has 2 nitrogen and oxygen atoms in total. The Labute approximate surface area is 70.5 Å². The lowest BCUT2D eigenvalue weighted by Gasteiger charge is -2.21. The van der Waals surface area contributed by atoms with Crippen molar-refractivity contribution in [2.24, 2.45) is 11.7 Å². The molecular weight excluding hydrogens is 136 g/mol. The number of hydrogen-bond donors (Lipinski definition) is 2. The quantitative estimate of drug-likeness (QED) is 0.651. The van der Waals surface area contributed by atoms with Gasteiger partial charge in [0.2, 0.25) is 0 Å². The van der Waals surface area contributed by atoms with E-state index in [2.05, 4.69) is 5.32 Å². The summed E-state index contributed by atoms with van der Waals surface area (Å²) >= 11 is 0. The summed E-state index contributed by atoms with van der Waals surface area (Å²) < 4.78 is 0. The Bertz CT molecular complexity index is 77.6. The molecule has 0 atom stereocenters. The Morgan fingerprint density at radius 1 is 1.27 bits per heavy atom. The van der Waals surface area contributed by atoms with Gasteiger partial charge in [0.15, 0.2) is 0 Å². The molecule has 0 aromatic rings. The first-order chi connectivity index (χ1) is 4.93. The molecule has 1 saturated heterocycles. The second-order valence-electron chi connectivity index (χ2n) is 3.12. The molecule has 11 heavy (non-hydrogen) atoms. The molecule has 1 aliphatic heterocycles. The molecule has 2 heteroatoms. The van der Waals surface area contributed by atoms with E-state index >= 15 is 0 Å². The van der Waals surface area contributed by atoms with Gasteiger partial charge in [-0.15, -0.1) is 0 Å². The van der Waals surface area contributed by atoms with Crippen molar-refractivity contribution in [1.29, 1.82) is 0 Å². The van der Waals surface area contributed by atoms with E-state index in [-0.39, 0.29) is 7.43 Å². The monoisotopic (exact) mass is 158 g/mol. The van der Waals surface area contributed by atoms with E-state index in [1.165, 1.54) is 38.8 Å². The molecule has 0 bridgehead atoms. The van der Waals surface area contributed by atoms with Crippen LogP contribution in [0.2, 0.25) is 0 Å². The summed E-state index contributed by atoms with van der Waals surface area (Å²) in [5.74, 6) is 0.963. The van der Waals surface area contributed by atoms with Gasteiger partial charge in [-0.05, 0) is 51.2 Å². The van der Waals surface area contributed by atoms with Crippen molar-refractivity contribution < 1.29 is 0 Å². The van der Waals surface area contributed by atoms with Crippen LogP contribution in [0.25, 0.3) is 0 Å². The third-order valence-corrected chi connectivity index (χ3v) is 2.28. The number of nitrogens with one attached hydrogen (secondary N) is 1. The zero-order valence-corrected chi connectivity index (χ0v) is 6.60. The fourth-order valence-corrected chi connectivity index (χ4v) is 1.58. The summed E-state index contributed by atoms with van der Waals surface area (Å²) in [5, 5.41) is 3.36. The largest absolute Gasteiger partial charge is 0.330 e. The summed E-state index contributed by atoms with van der Waals surface area (Å²) in [6, 6.07) is 0. The van der Waals surface area contributed by atoms with E-state index < -0.39 is 0 Å². The summed E-state index contributed by atoms with van der Waals surface area (Å²) in [4.78, 5) is 0. The lowest BCUT2D eigenvalue weighted by atomic mass is 9.93. The van der Waals surface area contributed by atoms with E-state index in [0.717, 1.165) is 12.5 Å². The first-order valence-corrected chi connectivity index (χ1v) is 4.34. The van der Waals surface area contributed by atoms with E-state index in [1.807, 2.05) is 0 Å². The van der Waals surface area contributed by atoms with Crippen molar-refractivity contribution in [2.45, 2.75) is 33.1 Å². The third-order valence-electron chi connectivity index (χ3n) is 2.28. The average molecular weight is 158 g/mol. The minimum Gasteiger partial charge on any atom is -0.330 e. The summed E-state index contributed by atoms with van der Waals surface area (Å²) in [7, 11) is 0. The Morgan fingerprint density at radius 3 is 2.45 bits per heavy atom. The predicted octanol–water partition coefficient (Wildman–Crippen LogP) is 1.36. The van der Waals surface area contributed by atoms with E-state index in [9.17, 15) is 0 Å². The topological polar surface area (TPSA) is 38.0 Å². The molecule has 0 unspecified atom stereocenters. The van der Waals surface area contributed by atoms with Crippen LogP contribution < -0.4 is 11.1 Å². The van der Waals surface area contributed by atoms with Gasteiger partial charge in [-0.1, -0.05) is 7.43 Å². The molecule has 0 aliphatic carbocycles. The number of rotatable bonds is 3. The highest BCUT2D eigenvalue weighted by atomic mass is 14.9. The molecule has 1 aliphatic rings. The number of hydrogen-bond acceptors (Lipinski definition) is 2. The van der Waals surface area contributed by atoms with Crippen LogP contribution in [-0.2, 0) is 0 Å². The lowest BCUT2D eigenvalue weighted by Crippen LogP contribution is -2.27. The van der Waals surface area contributed by atoms with Crippen molar-refractivity contribution in [1.82, 2.24) is 5.32 Å². The van der Waals surface area contributed by atoms with Crippen LogP contribution in [0.4, 0.5) is 0 Å². The predicted molar refractivity (Wildman–Crippen MR) is 50.6 cm³/mol. The average Bonchev–Trinajstić information content (AvgIpc) is 2.03. The third kappa shape index (κ3) is 4.38. The van der Waals surface area contributed by atoms with Gasteiger partial charge in [0, 0.05) is 0 Å². The van der Waals surface area contributed by atoms with E-state index in [0.29, 0.717) is 0 Å². The molecule has 0 saturated carbocycles. The first kappa shape index (κ1) is 10.9. The maximum Gasteiger partial charge on any atom is -0.00463 e. The molecule has 0 aromatic carbocycles. The van der Waals surface area contributed by atoms with Gasteiger partial charge in [0.05, 0.1) is 0 Å². The fourth-order valence-electron chi connectivity index (χ4n) is 1.58. The Balaban J connectivity index is 0.000001000. The van der Waals surface area contributed by atoms with Crippen molar-refractivity contribution in [3.8, 4) is 0 Å². The zero-order valence-electron chi connectivity index (χ0n) is 6.60. The van der Waals surface area contributed by atoms with Crippen LogP contribution >= 0.6 is 0 Å². The highest BCUT2D eigenvalue weighted by Crippen LogP contribution is 2.16. The van der Waals surface area contributed by atoms with E-state index in [1.54, 1.807) is 0 Å². The molecule has 0 amide bonds. The molecule has 0 radical (unpaired) electrons. The minimum atomic E-state index is 0. The number of piperidine rings is 1. The Morgan fingerprint density at radius 2 is 1.91 bits per heavy atom. The van der Waals surface area contributed by atoms with Gasteiger partial charge >= 0.3 is 0 Å². The highest BCUT2D eigenvalue weighted by molar-refractivity contribution is 4.68. The van der Waals surface area contributed by atoms with Crippen LogP contribution in [0.15, 0.2) is 0 Å². The van der Waals surface area contributed by atoms with Gasteiger partial charge in [-0.3, -0.25) is 0 Å². The Hall–Kier alpha value is -0.0800. The summed E-state index contributed by atoms with van der Waals surface area (Å²) in [5.41, 5.74) is 5.43. The molecule has 1 rings (SSSR count). The van der Waals surface area contributed by atoms with Gasteiger partial charge < -0.3 is 11.1 Å². The summed E-state index contributed by atoms with van der Waals surface area (Å²) in [6.45, 7) is 3.30. The molecular formula is C9H22N2. The minimum absolute atomic E-state index is 0. The highest BCUT2D eigenvalue weighted by Gasteiger charge is 2.11. The molecule has 0 aromatic heterocycles. The smallest absolute Gasteiger partial charge is 0.00463 e. The summed E-state index contributed by atoms with van der Waals surface area (Å²) in [6.07, 6.45) is 5.28. The normalized spacial score (nSPS) is 19.4. The van der Waals surface area contributed by atoms with Crippen LogP contribution in [-0.4, -0.2) is 19.6 Å². The van der Waals surface area contributed by atoms with Gasteiger partial charge in [0.1, 0.15) is 0 Å². The molecule has 0 spiro atoms. The molecule has 1 fully saturated rings. The van der Waals surface area contributed by atoms with Gasteiger partial charge in [-0.25, -0.2) is 0 Å². The van der Waals surface area contributed by atoms with Gasteiger partial charge in [-0.2, -0.15) is 0 Å². The van der Waals surface area contributed by atoms with Crippen molar-refractivity contribution in [3.05, 3.63) is 0 Å². The first-order valence-electron chi connectivity index (χ1n) is 4.34.